The molecule has 0 bridgehead atoms. The highest BCUT2D eigenvalue weighted by molar-refractivity contribution is 5.94. The van der Waals surface area contributed by atoms with Gasteiger partial charge in [-0.05, 0) is 74.8 Å². The largest absolute Gasteiger partial charge is 0.349 e. The van der Waals surface area contributed by atoms with E-state index in [0.29, 0.717) is 42.2 Å². The first-order chi connectivity index (χ1) is 15.4. The van der Waals surface area contributed by atoms with Gasteiger partial charge in [-0.3, -0.25) is 14.4 Å². The molecule has 0 unspecified atom stereocenters. The number of aromatic nitrogens is 1. The summed E-state index contributed by atoms with van der Waals surface area (Å²) in [5, 5.41) is 12.2. The predicted octanol–water partition coefficient (Wildman–Crippen LogP) is 2.88. The summed E-state index contributed by atoms with van der Waals surface area (Å²) >= 11 is 0. The number of carbonyl (C=O) groups is 2. The minimum Gasteiger partial charge on any atom is -0.349 e. The van der Waals surface area contributed by atoms with Crippen molar-refractivity contribution < 1.29 is 9.59 Å². The molecule has 2 aliphatic rings. The van der Waals surface area contributed by atoms with Crippen LogP contribution in [0.4, 0.5) is 0 Å². The van der Waals surface area contributed by atoms with Crippen molar-refractivity contribution in [2.45, 2.75) is 71.0 Å². The second-order valence-corrected chi connectivity index (χ2v) is 8.87. The Morgan fingerprint density at radius 2 is 1.84 bits per heavy atom. The lowest BCUT2D eigenvalue weighted by Crippen LogP contribution is -2.33. The molecule has 1 aromatic carbocycles. The monoisotopic (exact) mass is 432 g/mol. The van der Waals surface area contributed by atoms with Gasteiger partial charge in [0.1, 0.15) is 11.6 Å². The minimum atomic E-state index is -0.383. The number of carbonyl (C=O) groups excluding carboxylic acids is 2. The molecule has 166 valence electrons. The summed E-state index contributed by atoms with van der Waals surface area (Å²) < 4.78 is 0. The topological polar surface area (TPSA) is 106 Å². The van der Waals surface area contributed by atoms with E-state index in [2.05, 4.69) is 10.3 Å². The molecular weight excluding hydrogens is 404 g/mol. The van der Waals surface area contributed by atoms with E-state index in [4.69, 9.17) is 0 Å². The Morgan fingerprint density at radius 1 is 1.16 bits per heavy atom. The summed E-state index contributed by atoms with van der Waals surface area (Å²) in [5.74, 6) is 0.0177. The summed E-state index contributed by atoms with van der Waals surface area (Å²) in [6.45, 7) is 4.08. The van der Waals surface area contributed by atoms with E-state index in [0.717, 1.165) is 36.8 Å². The maximum atomic E-state index is 13.1. The summed E-state index contributed by atoms with van der Waals surface area (Å²) in [6.07, 6.45) is 4.91. The van der Waals surface area contributed by atoms with Gasteiger partial charge in [-0.25, -0.2) is 0 Å². The number of nitrogens with one attached hydrogen (secondary N) is 2. The molecule has 4 rings (SSSR count). The van der Waals surface area contributed by atoms with Crippen LogP contribution in [0.2, 0.25) is 0 Å². The molecule has 0 aliphatic heterocycles. The van der Waals surface area contributed by atoms with Crippen molar-refractivity contribution in [1.29, 1.82) is 5.26 Å². The number of H-pyrrole nitrogens is 1. The Balaban J connectivity index is 1.41. The lowest BCUT2D eigenvalue weighted by molar-refractivity contribution is -0.132. The molecular formula is C25H28N4O3. The normalized spacial score (nSPS) is 15.2. The molecule has 0 atom stereocenters. The van der Waals surface area contributed by atoms with Gasteiger partial charge in [0, 0.05) is 36.3 Å². The van der Waals surface area contributed by atoms with Crippen LogP contribution in [0.25, 0.3) is 0 Å². The number of nitriles is 1. The quantitative estimate of drug-likeness (QED) is 0.669. The zero-order valence-corrected chi connectivity index (χ0v) is 18.5. The molecule has 1 aromatic heterocycles. The lowest BCUT2D eigenvalue weighted by atomic mass is 9.98. The van der Waals surface area contributed by atoms with Crippen LogP contribution in [0.15, 0.2) is 29.1 Å². The first kappa shape index (κ1) is 21.8. The molecule has 0 saturated heterocycles. The van der Waals surface area contributed by atoms with E-state index in [1.165, 1.54) is 0 Å². The van der Waals surface area contributed by atoms with Crippen LogP contribution in [0, 0.1) is 25.2 Å². The van der Waals surface area contributed by atoms with E-state index in [-0.39, 0.29) is 29.0 Å². The fourth-order valence-corrected chi connectivity index (χ4v) is 4.06. The average molecular weight is 433 g/mol. The molecule has 32 heavy (non-hydrogen) atoms. The molecule has 2 N–H and O–H groups in total. The molecule has 7 heteroatoms. The minimum absolute atomic E-state index is 0.0439. The van der Waals surface area contributed by atoms with E-state index in [1.807, 2.05) is 35.2 Å². The zero-order chi connectivity index (χ0) is 22.8. The molecule has 2 aromatic rings. The average Bonchev–Trinajstić information content (AvgIpc) is 3.67. The van der Waals surface area contributed by atoms with Crippen molar-refractivity contribution in [1.82, 2.24) is 15.2 Å². The van der Waals surface area contributed by atoms with Crippen molar-refractivity contribution in [3.8, 4) is 6.07 Å². The van der Waals surface area contributed by atoms with Crippen molar-refractivity contribution in [3.63, 3.8) is 0 Å². The Hall–Kier alpha value is -3.40. The summed E-state index contributed by atoms with van der Waals surface area (Å²) in [6, 6.07) is 10.0. The predicted molar refractivity (Wildman–Crippen MR) is 120 cm³/mol. The number of aryl methyl sites for hydroxylation is 1. The highest BCUT2D eigenvalue weighted by Crippen LogP contribution is 2.29. The van der Waals surface area contributed by atoms with Crippen LogP contribution in [-0.4, -0.2) is 33.8 Å². The van der Waals surface area contributed by atoms with Crippen molar-refractivity contribution >= 4 is 11.8 Å². The number of amides is 2. The van der Waals surface area contributed by atoms with Gasteiger partial charge in [-0.2, -0.15) is 5.26 Å². The van der Waals surface area contributed by atoms with Gasteiger partial charge >= 0.3 is 0 Å². The number of hydrogen-bond acceptors (Lipinski definition) is 4. The van der Waals surface area contributed by atoms with E-state index in [1.54, 1.807) is 13.8 Å². The number of benzene rings is 1. The first-order valence-electron chi connectivity index (χ1n) is 11.2. The van der Waals surface area contributed by atoms with Gasteiger partial charge in [0.15, 0.2) is 0 Å². The van der Waals surface area contributed by atoms with Gasteiger partial charge in [0.25, 0.3) is 11.5 Å². The van der Waals surface area contributed by atoms with Gasteiger partial charge in [0.2, 0.25) is 5.91 Å². The second kappa shape index (κ2) is 8.99. The lowest BCUT2D eigenvalue weighted by Gasteiger charge is -2.23. The van der Waals surface area contributed by atoms with Crippen LogP contribution in [0.1, 0.15) is 70.4 Å². The maximum absolute atomic E-state index is 13.1. The number of nitrogens with zero attached hydrogens (tertiary/aromatic N) is 2. The van der Waals surface area contributed by atoms with Gasteiger partial charge in [-0.15, -0.1) is 0 Å². The number of pyridine rings is 1. The number of rotatable bonds is 8. The summed E-state index contributed by atoms with van der Waals surface area (Å²) in [7, 11) is 0. The molecule has 0 radical (unpaired) electrons. The molecule has 0 spiro atoms. The fraction of sp³-hybridized carbons (Fsp3) is 0.440. The van der Waals surface area contributed by atoms with Crippen LogP contribution in [0.3, 0.4) is 0 Å². The van der Waals surface area contributed by atoms with Crippen LogP contribution < -0.4 is 10.9 Å². The molecule has 2 aliphatic carbocycles. The van der Waals surface area contributed by atoms with Gasteiger partial charge in [0.05, 0.1) is 0 Å². The Labute approximate surface area is 187 Å². The number of hydrogen-bond donors (Lipinski definition) is 2. The summed E-state index contributed by atoms with van der Waals surface area (Å²) in [4.78, 5) is 41.8. The fourth-order valence-electron chi connectivity index (χ4n) is 4.06. The van der Waals surface area contributed by atoms with Crippen molar-refractivity contribution in [3.05, 3.63) is 68.1 Å². The molecule has 1 heterocycles. The first-order valence-corrected chi connectivity index (χ1v) is 11.2. The highest BCUT2D eigenvalue weighted by Gasteiger charge is 2.32. The highest BCUT2D eigenvalue weighted by atomic mass is 16.2. The second-order valence-electron chi connectivity index (χ2n) is 8.87. The third-order valence-corrected chi connectivity index (χ3v) is 6.30. The Morgan fingerprint density at radius 3 is 2.44 bits per heavy atom. The Bertz CT molecular complexity index is 1140. The summed E-state index contributed by atoms with van der Waals surface area (Å²) in [5.41, 5.74) is 3.58. The number of aromatic amines is 1. The maximum Gasteiger partial charge on any atom is 0.266 e. The van der Waals surface area contributed by atoms with Crippen molar-refractivity contribution in [2.75, 3.05) is 0 Å². The van der Waals surface area contributed by atoms with Crippen molar-refractivity contribution in [2.24, 2.45) is 0 Å². The standard InChI is InChI=1S/C25H28N4O3/c1-15-21(16(2)27-25(32)22(15)13-26)11-12-23(30)29(20-9-10-20)14-17-3-5-18(6-4-17)24(31)28-19-7-8-19/h3-6,19-20H,7-12,14H2,1-2H3,(H,27,32)(H,28,31). The Kier molecular flexibility index (Phi) is 6.13. The van der Waals surface area contributed by atoms with Crippen LogP contribution in [-0.2, 0) is 17.8 Å². The third-order valence-electron chi connectivity index (χ3n) is 6.30. The molecule has 2 saturated carbocycles. The van der Waals surface area contributed by atoms with Gasteiger partial charge < -0.3 is 15.2 Å². The zero-order valence-electron chi connectivity index (χ0n) is 18.5. The molecule has 2 fully saturated rings. The van der Waals surface area contributed by atoms with E-state index in [9.17, 15) is 19.6 Å². The SMILES string of the molecule is Cc1[nH]c(=O)c(C#N)c(C)c1CCC(=O)N(Cc1ccc(C(=O)NC2CC2)cc1)C1CC1. The molecule has 7 nitrogen and oxygen atoms in total. The molecule has 2 amide bonds. The van der Waals surface area contributed by atoms with Gasteiger partial charge in [-0.1, -0.05) is 12.1 Å². The third kappa shape index (κ3) is 4.91. The van der Waals surface area contributed by atoms with Crippen LogP contribution >= 0.6 is 0 Å². The van der Waals surface area contributed by atoms with E-state index < -0.39 is 0 Å². The van der Waals surface area contributed by atoms with Crippen LogP contribution in [0.5, 0.6) is 0 Å². The smallest absolute Gasteiger partial charge is 0.266 e. The van der Waals surface area contributed by atoms with E-state index >= 15 is 0 Å².